The molecule has 2 N–H and O–H groups in total. The highest BCUT2D eigenvalue weighted by molar-refractivity contribution is 8.11. The van der Waals surface area contributed by atoms with Gasteiger partial charge in [0.05, 0.1) is 18.6 Å². The lowest BCUT2D eigenvalue weighted by atomic mass is 10.9. The van der Waals surface area contributed by atoms with Gasteiger partial charge in [0.1, 0.15) is 0 Å². The van der Waals surface area contributed by atoms with E-state index >= 15 is 0 Å². The van der Waals surface area contributed by atoms with Crippen molar-refractivity contribution in [3.63, 3.8) is 0 Å². The van der Waals surface area contributed by atoms with Gasteiger partial charge in [-0.15, -0.1) is 0 Å². The van der Waals surface area contributed by atoms with Gasteiger partial charge < -0.3 is 9.84 Å². The van der Waals surface area contributed by atoms with E-state index in [4.69, 9.17) is 5.11 Å². The molecule has 0 heterocycles. The molecule has 0 aliphatic heterocycles. The SMILES string of the molecule is CCOC(=O)NSC(=O)O. The highest BCUT2D eigenvalue weighted by Gasteiger charge is 2.02. The van der Waals surface area contributed by atoms with E-state index in [0.717, 1.165) is 0 Å². The molecular formula is C4H7NO4S. The summed E-state index contributed by atoms with van der Waals surface area (Å²) in [6.45, 7) is 1.86. The number of amides is 1. The van der Waals surface area contributed by atoms with Crippen molar-refractivity contribution >= 4 is 23.3 Å². The fourth-order valence-corrected chi connectivity index (χ4v) is 0.475. The monoisotopic (exact) mass is 165 g/mol. The minimum atomic E-state index is -1.17. The van der Waals surface area contributed by atoms with Crippen LogP contribution in [0, 0.1) is 0 Å². The minimum absolute atomic E-state index is 0.228. The first-order chi connectivity index (χ1) is 4.66. The topological polar surface area (TPSA) is 75.6 Å². The van der Waals surface area contributed by atoms with E-state index < -0.39 is 11.4 Å². The molecule has 5 nitrogen and oxygen atoms in total. The van der Waals surface area contributed by atoms with E-state index in [1.54, 1.807) is 6.92 Å². The Morgan fingerprint density at radius 2 is 2.30 bits per heavy atom. The molecule has 0 aromatic heterocycles. The summed E-state index contributed by atoms with van der Waals surface area (Å²) >= 11 is 0.271. The van der Waals surface area contributed by atoms with E-state index in [9.17, 15) is 9.59 Å². The first-order valence-electron chi connectivity index (χ1n) is 2.49. The molecule has 0 fully saturated rings. The van der Waals surface area contributed by atoms with E-state index in [1.165, 1.54) is 0 Å². The van der Waals surface area contributed by atoms with Crippen LogP contribution in [0.4, 0.5) is 9.59 Å². The summed E-state index contributed by atoms with van der Waals surface area (Å²) in [7, 11) is 0. The first-order valence-corrected chi connectivity index (χ1v) is 3.31. The van der Waals surface area contributed by atoms with Gasteiger partial charge >= 0.3 is 11.4 Å². The summed E-state index contributed by atoms with van der Waals surface area (Å²) in [6.07, 6.45) is -0.741. The van der Waals surface area contributed by atoms with Crippen LogP contribution in [0.5, 0.6) is 0 Å². The summed E-state index contributed by atoms with van der Waals surface area (Å²) in [6, 6.07) is 0. The van der Waals surface area contributed by atoms with Gasteiger partial charge in [0.2, 0.25) is 0 Å². The minimum Gasteiger partial charge on any atom is -0.472 e. The largest absolute Gasteiger partial charge is 0.472 e. The number of hydrogen-bond acceptors (Lipinski definition) is 4. The second-order valence-electron chi connectivity index (χ2n) is 1.19. The summed E-state index contributed by atoms with van der Waals surface area (Å²) < 4.78 is 6.30. The van der Waals surface area contributed by atoms with Gasteiger partial charge in [-0.1, -0.05) is 0 Å². The van der Waals surface area contributed by atoms with Crippen molar-refractivity contribution in [3.8, 4) is 0 Å². The Hall–Kier alpha value is -0.910. The molecule has 0 aliphatic rings. The van der Waals surface area contributed by atoms with Crippen LogP contribution in [0.15, 0.2) is 0 Å². The predicted molar refractivity (Wildman–Crippen MR) is 35.8 cm³/mol. The summed E-state index contributed by atoms with van der Waals surface area (Å²) in [4.78, 5) is 20.1. The molecule has 0 spiro atoms. The van der Waals surface area contributed by atoms with Crippen molar-refractivity contribution in [2.24, 2.45) is 0 Å². The van der Waals surface area contributed by atoms with Gasteiger partial charge in [-0.05, 0) is 6.92 Å². The summed E-state index contributed by atoms with van der Waals surface area (Å²) in [5.41, 5.74) is 0. The van der Waals surface area contributed by atoms with Crippen LogP contribution >= 0.6 is 11.9 Å². The van der Waals surface area contributed by atoms with E-state index in [1.807, 2.05) is 4.72 Å². The average Bonchev–Trinajstić information content (AvgIpc) is 1.85. The Bertz CT molecular complexity index is 137. The second kappa shape index (κ2) is 4.92. The number of carboxylic acid groups (broad SMARTS) is 1. The number of rotatable bonds is 1. The van der Waals surface area contributed by atoms with Crippen molar-refractivity contribution in [3.05, 3.63) is 0 Å². The van der Waals surface area contributed by atoms with Crippen LogP contribution in [0.25, 0.3) is 0 Å². The van der Waals surface area contributed by atoms with Crippen LogP contribution < -0.4 is 4.72 Å². The average molecular weight is 165 g/mol. The fraction of sp³-hybridized carbons (Fsp3) is 0.500. The van der Waals surface area contributed by atoms with Gasteiger partial charge in [0.25, 0.3) is 0 Å². The zero-order chi connectivity index (χ0) is 7.98. The molecule has 0 rings (SSSR count). The molecule has 0 aromatic carbocycles. The van der Waals surface area contributed by atoms with E-state index in [2.05, 4.69) is 4.74 Å². The third kappa shape index (κ3) is 5.23. The maximum absolute atomic E-state index is 10.3. The zero-order valence-corrected chi connectivity index (χ0v) is 6.10. The third-order valence-electron chi connectivity index (χ3n) is 0.497. The highest BCUT2D eigenvalue weighted by atomic mass is 32.2. The van der Waals surface area contributed by atoms with Gasteiger partial charge in [0, 0.05) is 0 Å². The molecule has 0 radical (unpaired) electrons. The summed E-state index contributed by atoms with van der Waals surface area (Å²) in [5, 5.41) is 6.85. The standard InChI is InChI=1S/C4H7NO4S/c1-2-9-3(6)5-10-4(7)8/h2H2,1H3,(H,5,6)(H,7,8). The Morgan fingerprint density at radius 3 is 2.70 bits per heavy atom. The van der Waals surface area contributed by atoms with Crippen LogP contribution in [-0.2, 0) is 4.74 Å². The van der Waals surface area contributed by atoms with E-state index in [-0.39, 0.29) is 18.6 Å². The lowest BCUT2D eigenvalue weighted by Crippen LogP contribution is -2.18. The lowest BCUT2D eigenvalue weighted by molar-refractivity contribution is 0.159. The number of nitrogens with one attached hydrogen (secondary N) is 1. The molecule has 0 aromatic rings. The lowest BCUT2D eigenvalue weighted by Gasteiger charge is -1.98. The molecule has 0 saturated heterocycles. The molecule has 6 heteroatoms. The third-order valence-corrected chi connectivity index (χ3v) is 0.940. The van der Waals surface area contributed by atoms with Crippen molar-refractivity contribution in [1.29, 1.82) is 0 Å². The Balaban J connectivity index is 3.30. The number of ether oxygens (including phenoxy) is 1. The quantitative estimate of drug-likeness (QED) is 0.568. The Morgan fingerprint density at radius 1 is 1.70 bits per heavy atom. The molecule has 0 unspecified atom stereocenters. The Kier molecular flexibility index (Phi) is 4.47. The van der Waals surface area contributed by atoms with Crippen molar-refractivity contribution in [2.45, 2.75) is 6.92 Å². The van der Waals surface area contributed by atoms with E-state index in [0.29, 0.717) is 0 Å². The van der Waals surface area contributed by atoms with Gasteiger partial charge in [0.15, 0.2) is 0 Å². The molecule has 0 bridgehead atoms. The fourth-order valence-electron chi connectivity index (χ4n) is 0.246. The zero-order valence-electron chi connectivity index (χ0n) is 5.29. The van der Waals surface area contributed by atoms with Crippen LogP contribution in [-0.4, -0.2) is 23.1 Å². The van der Waals surface area contributed by atoms with Crippen LogP contribution in [0.1, 0.15) is 6.92 Å². The summed E-state index contributed by atoms with van der Waals surface area (Å²) in [5.74, 6) is 0. The number of carbonyl (C=O) groups excluding carboxylic acids is 1. The predicted octanol–water partition coefficient (Wildman–Crippen LogP) is 1.06. The van der Waals surface area contributed by atoms with Crippen molar-refractivity contribution in [2.75, 3.05) is 6.61 Å². The number of hydrogen-bond donors (Lipinski definition) is 2. The smallest absolute Gasteiger partial charge is 0.417 e. The van der Waals surface area contributed by atoms with Crippen molar-refractivity contribution in [1.82, 2.24) is 4.72 Å². The second-order valence-corrected chi connectivity index (χ2v) is 1.95. The maximum Gasteiger partial charge on any atom is 0.417 e. The van der Waals surface area contributed by atoms with Gasteiger partial charge in [-0.25, -0.2) is 9.59 Å². The first kappa shape index (κ1) is 9.09. The molecule has 10 heavy (non-hydrogen) atoms. The molecule has 58 valence electrons. The maximum atomic E-state index is 10.3. The van der Waals surface area contributed by atoms with Gasteiger partial charge in [-0.3, -0.25) is 4.72 Å². The molecule has 0 aliphatic carbocycles. The van der Waals surface area contributed by atoms with Crippen LogP contribution in [0.3, 0.4) is 0 Å². The molecule has 1 amide bonds. The van der Waals surface area contributed by atoms with Crippen molar-refractivity contribution < 1.29 is 19.4 Å². The normalized spacial score (nSPS) is 8.50. The Labute approximate surface area is 61.9 Å². The molecule has 0 saturated carbocycles. The molecular weight excluding hydrogens is 158 g/mol. The van der Waals surface area contributed by atoms with Gasteiger partial charge in [-0.2, -0.15) is 0 Å². The molecule has 0 atom stereocenters. The number of carbonyl (C=O) groups is 2. The van der Waals surface area contributed by atoms with Crippen LogP contribution in [0.2, 0.25) is 0 Å². The highest BCUT2D eigenvalue weighted by Crippen LogP contribution is 1.93.